The highest BCUT2D eigenvalue weighted by atomic mass is 35.5. The van der Waals surface area contributed by atoms with Crippen molar-refractivity contribution in [2.24, 2.45) is 0 Å². The number of carbonyl (C=O) groups is 2. The SMILES string of the molecule is CC[C@H](C)NC(=O)[C@H](Cc1ccccc1)N(Cc1c(Cl)cccc1Cl)C(=O)CN(c1ccc(OCc2ccccc2)cc1)S(C)(=O)=O. The minimum atomic E-state index is -3.94. The van der Waals surface area contributed by atoms with Gasteiger partial charge in [0.15, 0.2) is 0 Å². The van der Waals surface area contributed by atoms with E-state index < -0.39 is 28.5 Å². The number of halogens is 2. The molecule has 4 aromatic rings. The summed E-state index contributed by atoms with van der Waals surface area (Å²) in [5.41, 5.74) is 2.53. The molecule has 1 N–H and O–H groups in total. The summed E-state index contributed by atoms with van der Waals surface area (Å²) in [5, 5.41) is 3.64. The third kappa shape index (κ3) is 10.2. The summed E-state index contributed by atoms with van der Waals surface area (Å²) < 4.78 is 33.1. The van der Waals surface area contributed by atoms with Gasteiger partial charge in [0.05, 0.1) is 11.9 Å². The summed E-state index contributed by atoms with van der Waals surface area (Å²) >= 11 is 13.1. The molecule has 0 aliphatic heterocycles. The van der Waals surface area contributed by atoms with Crippen LogP contribution in [0.25, 0.3) is 0 Å². The summed E-state index contributed by atoms with van der Waals surface area (Å²) in [6.07, 6.45) is 1.90. The lowest BCUT2D eigenvalue weighted by Crippen LogP contribution is -2.54. The molecule has 0 heterocycles. The lowest BCUT2D eigenvalue weighted by Gasteiger charge is -2.34. The van der Waals surface area contributed by atoms with Crippen molar-refractivity contribution in [3.63, 3.8) is 0 Å². The van der Waals surface area contributed by atoms with E-state index in [-0.39, 0.29) is 30.6 Å². The minimum Gasteiger partial charge on any atom is -0.489 e. The molecule has 4 rings (SSSR count). The molecule has 0 saturated carbocycles. The molecule has 0 spiro atoms. The van der Waals surface area contributed by atoms with Crippen molar-refractivity contribution in [2.45, 2.75) is 51.9 Å². The molecule has 0 saturated heterocycles. The first kappa shape index (κ1) is 35.8. The number of benzene rings is 4. The van der Waals surface area contributed by atoms with E-state index in [0.29, 0.717) is 34.4 Å². The highest BCUT2D eigenvalue weighted by Gasteiger charge is 2.34. The molecule has 0 fully saturated rings. The van der Waals surface area contributed by atoms with E-state index in [1.807, 2.05) is 74.5 Å². The Morgan fingerprint density at radius 2 is 1.40 bits per heavy atom. The topological polar surface area (TPSA) is 96.0 Å². The summed E-state index contributed by atoms with van der Waals surface area (Å²) in [4.78, 5) is 29.6. The van der Waals surface area contributed by atoms with Crippen LogP contribution in [0.4, 0.5) is 5.69 Å². The fraction of sp³-hybridized carbons (Fsp3) is 0.278. The Bertz CT molecular complexity index is 1720. The van der Waals surface area contributed by atoms with Crippen molar-refractivity contribution in [2.75, 3.05) is 17.1 Å². The van der Waals surface area contributed by atoms with Gasteiger partial charge in [-0.25, -0.2) is 8.42 Å². The second-order valence-electron chi connectivity index (χ2n) is 11.3. The lowest BCUT2D eigenvalue weighted by molar-refractivity contribution is -0.140. The van der Waals surface area contributed by atoms with Crippen LogP contribution in [-0.2, 0) is 39.2 Å². The summed E-state index contributed by atoms with van der Waals surface area (Å²) in [7, 11) is -3.94. The van der Waals surface area contributed by atoms with Gasteiger partial charge in [0.25, 0.3) is 0 Å². The highest BCUT2D eigenvalue weighted by Crippen LogP contribution is 2.28. The van der Waals surface area contributed by atoms with Gasteiger partial charge in [0.2, 0.25) is 21.8 Å². The van der Waals surface area contributed by atoms with Gasteiger partial charge in [-0.15, -0.1) is 0 Å². The Hall–Kier alpha value is -4.05. The number of rotatable bonds is 15. The molecule has 0 aliphatic carbocycles. The zero-order valence-electron chi connectivity index (χ0n) is 26.6. The van der Waals surface area contributed by atoms with Gasteiger partial charge in [-0.3, -0.25) is 13.9 Å². The second kappa shape index (κ2) is 16.7. The molecule has 11 heteroatoms. The molecule has 248 valence electrons. The third-order valence-corrected chi connectivity index (χ3v) is 9.56. The van der Waals surface area contributed by atoms with Gasteiger partial charge in [0, 0.05) is 34.6 Å². The molecule has 2 atom stereocenters. The van der Waals surface area contributed by atoms with E-state index >= 15 is 0 Å². The first-order valence-corrected chi connectivity index (χ1v) is 17.9. The van der Waals surface area contributed by atoms with E-state index in [4.69, 9.17) is 27.9 Å². The fourth-order valence-corrected chi connectivity index (χ4v) is 6.28. The number of hydrogen-bond acceptors (Lipinski definition) is 5. The first-order valence-electron chi connectivity index (χ1n) is 15.3. The van der Waals surface area contributed by atoms with Crippen LogP contribution in [0.5, 0.6) is 5.75 Å². The summed E-state index contributed by atoms with van der Waals surface area (Å²) in [5.74, 6) is -0.432. The van der Waals surface area contributed by atoms with Crippen LogP contribution in [0.3, 0.4) is 0 Å². The molecule has 0 aromatic heterocycles. The zero-order valence-corrected chi connectivity index (χ0v) is 28.9. The van der Waals surface area contributed by atoms with Crippen LogP contribution in [0.1, 0.15) is 37.0 Å². The van der Waals surface area contributed by atoms with Crippen LogP contribution in [0, 0.1) is 0 Å². The van der Waals surface area contributed by atoms with Gasteiger partial charge in [0.1, 0.15) is 24.9 Å². The van der Waals surface area contributed by atoms with Crippen LogP contribution in [0.2, 0.25) is 10.0 Å². The van der Waals surface area contributed by atoms with E-state index in [2.05, 4.69) is 5.32 Å². The number of ether oxygens (including phenoxy) is 1. The average Bonchev–Trinajstić information content (AvgIpc) is 3.06. The van der Waals surface area contributed by atoms with E-state index in [1.165, 1.54) is 4.90 Å². The highest BCUT2D eigenvalue weighted by molar-refractivity contribution is 7.92. The molecule has 47 heavy (non-hydrogen) atoms. The van der Waals surface area contributed by atoms with Crippen molar-refractivity contribution in [1.29, 1.82) is 0 Å². The maximum atomic E-state index is 14.3. The smallest absolute Gasteiger partial charge is 0.244 e. The Balaban J connectivity index is 1.68. The summed E-state index contributed by atoms with van der Waals surface area (Å²) in [6.45, 7) is 3.49. The molecular weight excluding hydrogens is 657 g/mol. The number of anilines is 1. The van der Waals surface area contributed by atoms with Crippen molar-refractivity contribution < 1.29 is 22.7 Å². The van der Waals surface area contributed by atoms with E-state index in [9.17, 15) is 18.0 Å². The normalized spacial score (nSPS) is 12.5. The zero-order chi connectivity index (χ0) is 34.0. The van der Waals surface area contributed by atoms with E-state index in [0.717, 1.165) is 21.7 Å². The van der Waals surface area contributed by atoms with Crippen LogP contribution in [-0.4, -0.2) is 50.0 Å². The predicted octanol–water partition coefficient (Wildman–Crippen LogP) is 6.89. The minimum absolute atomic E-state index is 0.118. The first-order chi connectivity index (χ1) is 22.5. The maximum Gasteiger partial charge on any atom is 0.244 e. The third-order valence-electron chi connectivity index (χ3n) is 7.71. The van der Waals surface area contributed by atoms with Crippen molar-refractivity contribution in [3.05, 3.63) is 130 Å². The molecule has 2 amide bonds. The number of amides is 2. The Morgan fingerprint density at radius 1 is 0.830 bits per heavy atom. The average molecular weight is 697 g/mol. The number of nitrogens with zero attached hydrogens (tertiary/aromatic N) is 2. The van der Waals surface area contributed by atoms with Crippen LogP contribution < -0.4 is 14.4 Å². The summed E-state index contributed by atoms with van der Waals surface area (Å²) in [6, 6.07) is 29.3. The van der Waals surface area contributed by atoms with Gasteiger partial charge in [-0.05, 0) is 60.9 Å². The van der Waals surface area contributed by atoms with E-state index in [1.54, 1.807) is 42.5 Å². The van der Waals surface area contributed by atoms with Crippen LogP contribution in [0.15, 0.2) is 103 Å². The lowest BCUT2D eigenvalue weighted by atomic mass is 10.0. The molecule has 8 nitrogen and oxygen atoms in total. The van der Waals surface area contributed by atoms with Crippen molar-refractivity contribution in [3.8, 4) is 5.75 Å². The standard InChI is InChI=1S/C36H39Cl2N3O5S/c1-4-26(2)39-36(43)34(22-27-12-7-5-8-13-27)40(23-31-32(37)16-11-17-33(31)38)35(42)24-41(47(3,44)45)29-18-20-30(21-19-29)46-25-28-14-9-6-10-15-28/h5-21,26,34H,4,22-25H2,1-3H3,(H,39,43)/t26-,34-/m0/s1. The molecule has 0 aliphatic rings. The van der Waals surface area contributed by atoms with Gasteiger partial charge in [-0.1, -0.05) is 96.9 Å². The molecule has 0 radical (unpaired) electrons. The largest absolute Gasteiger partial charge is 0.489 e. The monoisotopic (exact) mass is 695 g/mol. The Labute approximate surface area is 287 Å². The van der Waals surface area contributed by atoms with Crippen LogP contribution >= 0.6 is 23.2 Å². The quantitative estimate of drug-likeness (QED) is 0.146. The Morgan fingerprint density at radius 3 is 1.96 bits per heavy atom. The predicted molar refractivity (Wildman–Crippen MR) is 188 cm³/mol. The molecule has 0 unspecified atom stereocenters. The molecular formula is C36H39Cl2N3O5S. The van der Waals surface area contributed by atoms with Gasteiger partial charge < -0.3 is 15.0 Å². The van der Waals surface area contributed by atoms with Gasteiger partial charge >= 0.3 is 0 Å². The second-order valence-corrected chi connectivity index (χ2v) is 14.0. The van der Waals surface area contributed by atoms with Gasteiger partial charge in [-0.2, -0.15) is 0 Å². The number of nitrogens with one attached hydrogen (secondary N) is 1. The Kier molecular flexibility index (Phi) is 12.7. The molecule has 0 bridgehead atoms. The number of sulfonamides is 1. The van der Waals surface area contributed by atoms with Crippen molar-refractivity contribution >= 4 is 50.7 Å². The van der Waals surface area contributed by atoms with Crippen molar-refractivity contribution in [1.82, 2.24) is 10.2 Å². The number of carbonyl (C=O) groups excluding carboxylic acids is 2. The maximum absolute atomic E-state index is 14.3. The fourth-order valence-electron chi connectivity index (χ4n) is 4.91. The molecule has 4 aromatic carbocycles. The number of hydrogen-bond donors (Lipinski definition) is 1.